The Morgan fingerprint density at radius 1 is 1.47 bits per heavy atom. The number of ether oxygens (including phenoxy) is 2. The number of rotatable bonds is 4. The van der Waals surface area contributed by atoms with Gasteiger partial charge >= 0.3 is 0 Å². The quantitative estimate of drug-likeness (QED) is 0.775. The van der Waals surface area contributed by atoms with Gasteiger partial charge in [0.05, 0.1) is 12.2 Å². The predicted octanol–water partition coefficient (Wildman–Crippen LogP) is 4.18. The SMILES string of the molecule is CC1CCC(COc2ccc(Cl)cc2CBr)O1. The van der Waals surface area contributed by atoms with Crippen molar-refractivity contribution < 1.29 is 9.47 Å². The molecule has 1 heterocycles. The Hall–Kier alpha value is -0.250. The Balaban J connectivity index is 1.94. The van der Waals surface area contributed by atoms with Gasteiger partial charge in [-0.25, -0.2) is 0 Å². The maximum absolute atomic E-state index is 5.94. The Bertz CT molecular complexity index is 384. The van der Waals surface area contributed by atoms with E-state index in [0.29, 0.717) is 12.7 Å². The molecular weight excluding hydrogens is 303 g/mol. The van der Waals surface area contributed by atoms with Gasteiger partial charge in [0.15, 0.2) is 0 Å². The van der Waals surface area contributed by atoms with Crippen molar-refractivity contribution in [2.45, 2.75) is 37.3 Å². The summed E-state index contributed by atoms with van der Waals surface area (Å²) in [5, 5.41) is 1.47. The predicted molar refractivity (Wildman–Crippen MR) is 73.1 cm³/mol. The molecule has 2 rings (SSSR count). The fraction of sp³-hybridized carbons (Fsp3) is 0.538. The van der Waals surface area contributed by atoms with Crippen molar-refractivity contribution in [3.05, 3.63) is 28.8 Å². The average Bonchev–Trinajstić information content (AvgIpc) is 2.73. The van der Waals surface area contributed by atoms with E-state index in [-0.39, 0.29) is 6.10 Å². The summed E-state index contributed by atoms with van der Waals surface area (Å²) in [7, 11) is 0. The van der Waals surface area contributed by atoms with Crippen molar-refractivity contribution in [3.63, 3.8) is 0 Å². The number of alkyl halides is 1. The van der Waals surface area contributed by atoms with Crippen molar-refractivity contribution in [2.24, 2.45) is 0 Å². The van der Waals surface area contributed by atoms with Gasteiger partial charge in [0, 0.05) is 15.9 Å². The average molecular weight is 320 g/mol. The molecule has 0 amide bonds. The highest BCUT2D eigenvalue weighted by molar-refractivity contribution is 9.08. The highest BCUT2D eigenvalue weighted by Crippen LogP contribution is 2.26. The molecule has 0 spiro atoms. The van der Waals surface area contributed by atoms with Crippen LogP contribution < -0.4 is 4.74 Å². The molecular formula is C13H16BrClO2. The summed E-state index contributed by atoms with van der Waals surface area (Å²) in [5.74, 6) is 0.884. The highest BCUT2D eigenvalue weighted by Gasteiger charge is 2.22. The Kier molecular flexibility index (Phi) is 4.71. The van der Waals surface area contributed by atoms with Gasteiger partial charge in [-0.2, -0.15) is 0 Å². The number of hydrogen-bond acceptors (Lipinski definition) is 2. The number of benzene rings is 1. The van der Waals surface area contributed by atoms with Crippen molar-refractivity contribution in [1.82, 2.24) is 0 Å². The van der Waals surface area contributed by atoms with Gasteiger partial charge in [-0.15, -0.1) is 0 Å². The van der Waals surface area contributed by atoms with Gasteiger partial charge in [-0.05, 0) is 38.0 Å². The lowest BCUT2D eigenvalue weighted by Crippen LogP contribution is -2.18. The molecule has 1 aliphatic heterocycles. The molecule has 0 aliphatic carbocycles. The molecule has 94 valence electrons. The first kappa shape index (κ1) is 13.2. The maximum atomic E-state index is 5.94. The Morgan fingerprint density at radius 3 is 2.94 bits per heavy atom. The molecule has 1 aromatic rings. The summed E-state index contributed by atoms with van der Waals surface area (Å²) < 4.78 is 11.5. The molecule has 0 radical (unpaired) electrons. The molecule has 1 aromatic carbocycles. The third-order valence-electron chi connectivity index (χ3n) is 2.91. The first-order valence-corrected chi connectivity index (χ1v) is 7.31. The van der Waals surface area contributed by atoms with Gasteiger partial charge in [0.1, 0.15) is 12.4 Å². The minimum Gasteiger partial charge on any atom is -0.491 e. The molecule has 0 N–H and O–H groups in total. The van der Waals surface area contributed by atoms with Gasteiger partial charge < -0.3 is 9.47 Å². The zero-order valence-corrected chi connectivity index (χ0v) is 12.1. The van der Waals surface area contributed by atoms with Crippen LogP contribution in [0.25, 0.3) is 0 Å². The van der Waals surface area contributed by atoms with Crippen molar-refractivity contribution >= 4 is 27.5 Å². The second-order valence-corrected chi connectivity index (χ2v) is 5.34. The molecule has 2 unspecified atom stereocenters. The first-order chi connectivity index (χ1) is 8.19. The van der Waals surface area contributed by atoms with Gasteiger partial charge in [-0.3, -0.25) is 0 Å². The lowest BCUT2D eigenvalue weighted by Gasteiger charge is -2.14. The molecule has 1 fully saturated rings. The zero-order chi connectivity index (χ0) is 12.3. The van der Waals surface area contributed by atoms with Crippen LogP contribution in [-0.4, -0.2) is 18.8 Å². The van der Waals surface area contributed by atoms with Crippen LogP contribution in [0.15, 0.2) is 18.2 Å². The molecule has 0 bridgehead atoms. The van der Waals surface area contributed by atoms with E-state index in [0.717, 1.165) is 34.5 Å². The van der Waals surface area contributed by atoms with Crippen molar-refractivity contribution in [2.75, 3.05) is 6.61 Å². The van der Waals surface area contributed by atoms with E-state index < -0.39 is 0 Å². The Morgan fingerprint density at radius 2 is 2.29 bits per heavy atom. The lowest BCUT2D eigenvalue weighted by molar-refractivity contribution is 0.0263. The summed E-state index contributed by atoms with van der Waals surface area (Å²) in [6.45, 7) is 2.72. The summed E-state index contributed by atoms with van der Waals surface area (Å²) in [6, 6.07) is 5.68. The summed E-state index contributed by atoms with van der Waals surface area (Å²) >= 11 is 9.38. The van der Waals surface area contributed by atoms with Gasteiger partial charge in [0.2, 0.25) is 0 Å². The fourth-order valence-corrected chi connectivity index (χ4v) is 2.62. The summed E-state index contributed by atoms with van der Waals surface area (Å²) in [4.78, 5) is 0. The third-order valence-corrected chi connectivity index (χ3v) is 3.75. The fourth-order valence-electron chi connectivity index (χ4n) is 1.98. The van der Waals surface area contributed by atoms with E-state index in [4.69, 9.17) is 21.1 Å². The van der Waals surface area contributed by atoms with E-state index in [1.807, 2.05) is 18.2 Å². The van der Waals surface area contributed by atoms with Crippen molar-refractivity contribution in [3.8, 4) is 5.75 Å². The van der Waals surface area contributed by atoms with E-state index in [9.17, 15) is 0 Å². The molecule has 1 aliphatic rings. The monoisotopic (exact) mass is 318 g/mol. The third kappa shape index (κ3) is 3.60. The van der Waals surface area contributed by atoms with E-state index in [1.54, 1.807) is 0 Å². The van der Waals surface area contributed by atoms with Crippen LogP contribution in [0.1, 0.15) is 25.3 Å². The molecule has 17 heavy (non-hydrogen) atoms. The zero-order valence-electron chi connectivity index (χ0n) is 9.79. The molecule has 2 atom stereocenters. The van der Waals surface area contributed by atoms with Crippen LogP contribution in [0.3, 0.4) is 0 Å². The molecule has 0 saturated carbocycles. The summed E-state index contributed by atoms with van der Waals surface area (Å²) in [5.41, 5.74) is 1.07. The van der Waals surface area contributed by atoms with Crippen LogP contribution in [0.5, 0.6) is 5.75 Å². The smallest absolute Gasteiger partial charge is 0.123 e. The van der Waals surface area contributed by atoms with Crippen LogP contribution in [-0.2, 0) is 10.1 Å². The largest absolute Gasteiger partial charge is 0.491 e. The molecule has 4 heteroatoms. The van der Waals surface area contributed by atoms with Crippen LogP contribution >= 0.6 is 27.5 Å². The number of hydrogen-bond donors (Lipinski definition) is 0. The second kappa shape index (κ2) is 6.07. The van der Waals surface area contributed by atoms with E-state index in [1.165, 1.54) is 0 Å². The maximum Gasteiger partial charge on any atom is 0.123 e. The molecule has 0 aromatic heterocycles. The summed E-state index contributed by atoms with van der Waals surface area (Å²) in [6.07, 6.45) is 2.80. The minimum atomic E-state index is 0.226. The topological polar surface area (TPSA) is 18.5 Å². The van der Waals surface area contributed by atoms with Crippen molar-refractivity contribution in [1.29, 1.82) is 0 Å². The molecule has 1 saturated heterocycles. The van der Waals surface area contributed by atoms with E-state index in [2.05, 4.69) is 22.9 Å². The normalized spacial score (nSPS) is 23.9. The number of halogens is 2. The van der Waals surface area contributed by atoms with Crippen LogP contribution in [0, 0.1) is 0 Å². The Labute approximate surface area is 115 Å². The standard InChI is InChI=1S/C13H16BrClO2/c1-9-2-4-12(17-9)8-16-13-5-3-11(15)6-10(13)7-14/h3,5-6,9,12H,2,4,7-8H2,1H3. The first-order valence-electron chi connectivity index (χ1n) is 5.81. The highest BCUT2D eigenvalue weighted by atomic mass is 79.9. The molecule has 2 nitrogen and oxygen atoms in total. The van der Waals surface area contributed by atoms with Gasteiger partial charge in [-0.1, -0.05) is 27.5 Å². The second-order valence-electron chi connectivity index (χ2n) is 4.34. The minimum absolute atomic E-state index is 0.226. The van der Waals surface area contributed by atoms with Gasteiger partial charge in [0.25, 0.3) is 0 Å². The van der Waals surface area contributed by atoms with E-state index >= 15 is 0 Å². The lowest BCUT2D eigenvalue weighted by atomic mass is 10.2. The van der Waals surface area contributed by atoms with Crippen LogP contribution in [0.4, 0.5) is 0 Å². The van der Waals surface area contributed by atoms with Crippen LogP contribution in [0.2, 0.25) is 5.02 Å².